The molecular weight excluding hydrogens is 258 g/mol. The largest absolute Gasteiger partial charge is 0.370 e. The van der Waals surface area contributed by atoms with Crippen LogP contribution in [0, 0.1) is 0 Å². The fourth-order valence-corrected chi connectivity index (χ4v) is 2.91. The molecule has 0 amide bonds. The van der Waals surface area contributed by atoms with E-state index < -0.39 is 0 Å². The zero-order valence-electron chi connectivity index (χ0n) is 8.08. The average molecular weight is 272 g/mol. The van der Waals surface area contributed by atoms with Crippen molar-refractivity contribution in [1.29, 1.82) is 0 Å². The minimum Gasteiger partial charge on any atom is -0.370 e. The van der Waals surface area contributed by atoms with Gasteiger partial charge in [0, 0.05) is 35.6 Å². The molecule has 1 saturated heterocycles. The van der Waals surface area contributed by atoms with Gasteiger partial charge in [0.05, 0.1) is 0 Å². The zero-order valence-corrected chi connectivity index (χ0v) is 10.5. The SMILES string of the molecule is BrCc1cccc(N2CCSCC2)c1. The van der Waals surface area contributed by atoms with Crippen LogP contribution < -0.4 is 4.90 Å². The van der Waals surface area contributed by atoms with Crippen molar-refractivity contribution in [3.63, 3.8) is 0 Å². The molecule has 3 heteroatoms. The second-order valence-corrected chi connectivity index (χ2v) is 5.19. The summed E-state index contributed by atoms with van der Waals surface area (Å²) in [5.41, 5.74) is 2.74. The van der Waals surface area contributed by atoms with Crippen molar-refractivity contribution in [2.24, 2.45) is 0 Å². The first-order valence-electron chi connectivity index (χ1n) is 4.88. The summed E-state index contributed by atoms with van der Waals surface area (Å²) in [5, 5.41) is 0.948. The maximum Gasteiger partial charge on any atom is 0.0369 e. The molecule has 0 aromatic heterocycles. The smallest absolute Gasteiger partial charge is 0.0369 e. The lowest BCUT2D eigenvalue weighted by Crippen LogP contribution is -2.32. The summed E-state index contributed by atoms with van der Waals surface area (Å²) in [5.74, 6) is 2.52. The predicted octanol–water partition coefficient (Wildman–Crippen LogP) is 3.13. The van der Waals surface area contributed by atoms with Crippen molar-refractivity contribution in [1.82, 2.24) is 0 Å². The van der Waals surface area contributed by atoms with Gasteiger partial charge in [-0.25, -0.2) is 0 Å². The van der Waals surface area contributed by atoms with Crippen LogP contribution in [0.15, 0.2) is 24.3 Å². The number of nitrogens with zero attached hydrogens (tertiary/aromatic N) is 1. The van der Waals surface area contributed by atoms with Crippen LogP contribution in [0.2, 0.25) is 0 Å². The number of rotatable bonds is 2. The Bertz CT molecular complexity index is 297. The molecular formula is C11H14BrNS. The minimum absolute atomic E-state index is 0.948. The average Bonchev–Trinajstić information content (AvgIpc) is 2.30. The fraction of sp³-hybridized carbons (Fsp3) is 0.455. The van der Waals surface area contributed by atoms with Gasteiger partial charge < -0.3 is 4.90 Å². The van der Waals surface area contributed by atoms with E-state index in [4.69, 9.17) is 0 Å². The Morgan fingerprint density at radius 3 is 2.79 bits per heavy atom. The van der Waals surface area contributed by atoms with Crippen LogP contribution in [0.3, 0.4) is 0 Å². The summed E-state index contributed by atoms with van der Waals surface area (Å²) in [6.45, 7) is 2.38. The van der Waals surface area contributed by atoms with Gasteiger partial charge in [0.2, 0.25) is 0 Å². The monoisotopic (exact) mass is 271 g/mol. The third-order valence-electron chi connectivity index (χ3n) is 2.44. The summed E-state index contributed by atoms with van der Waals surface area (Å²) < 4.78 is 0. The van der Waals surface area contributed by atoms with Gasteiger partial charge in [0.15, 0.2) is 0 Å². The molecule has 1 heterocycles. The Kier molecular flexibility index (Phi) is 3.76. The predicted molar refractivity (Wildman–Crippen MR) is 68.6 cm³/mol. The van der Waals surface area contributed by atoms with Gasteiger partial charge in [-0.15, -0.1) is 0 Å². The second-order valence-electron chi connectivity index (χ2n) is 3.40. The van der Waals surface area contributed by atoms with E-state index in [9.17, 15) is 0 Å². The molecule has 1 aliphatic rings. The first kappa shape index (κ1) is 10.4. The molecule has 1 aromatic rings. The Morgan fingerprint density at radius 1 is 1.29 bits per heavy atom. The van der Waals surface area contributed by atoms with E-state index in [1.165, 1.54) is 35.8 Å². The van der Waals surface area contributed by atoms with E-state index in [2.05, 4.69) is 56.9 Å². The van der Waals surface area contributed by atoms with Crippen molar-refractivity contribution >= 4 is 33.4 Å². The Morgan fingerprint density at radius 2 is 2.07 bits per heavy atom. The Labute approximate surface area is 98.0 Å². The van der Waals surface area contributed by atoms with Crippen LogP contribution in [-0.4, -0.2) is 24.6 Å². The maximum absolute atomic E-state index is 3.49. The number of benzene rings is 1. The number of thioether (sulfide) groups is 1. The van der Waals surface area contributed by atoms with E-state index in [0.29, 0.717) is 0 Å². The topological polar surface area (TPSA) is 3.24 Å². The molecule has 0 N–H and O–H groups in total. The van der Waals surface area contributed by atoms with Gasteiger partial charge in [0.25, 0.3) is 0 Å². The number of halogens is 1. The summed E-state index contributed by atoms with van der Waals surface area (Å²) in [4.78, 5) is 2.47. The zero-order chi connectivity index (χ0) is 9.80. The lowest BCUT2D eigenvalue weighted by molar-refractivity contribution is 0.858. The lowest BCUT2D eigenvalue weighted by Gasteiger charge is -2.28. The molecule has 2 rings (SSSR count). The molecule has 0 aliphatic carbocycles. The maximum atomic E-state index is 3.49. The molecule has 14 heavy (non-hydrogen) atoms. The molecule has 1 aromatic carbocycles. The van der Waals surface area contributed by atoms with Crippen molar-refractivity contribution < 1.29 is 0 Å². The third kappa shape index (κ3) is 2.45. The van der Waals surface area contributed by atoms with E-state index in [-0.39, 0.29) is 0 Å². The normalized spacial score (nSPS) is 17.1. The summed E-state index contributed by atoms with van der Waals surface area (Å²) in [6.07, 6.45) is 0. The number of anilines is 1. The van der Waals surface area contributed by atoms with Crippen molar-refractivity contribution in [2.75, 3.05) is 29.5 Å². The third-order valence-corrected chi connectivity index (χ3v) is 4.03. The molecule has 0 radical (unpaired) electrons. The van der Waals surface area contributed by atoms with Gasteiger partial charge >= 0.3 is 0 Å². The quantitative estimate of drug-likeness (QED) is 0.761. The Hall–Kier alpha value is -0.150. The summed E-state index contributed by atoms with van der Waals surface area (Å²) in [6, 6.07) is 8.80. The van der Waals surface area contributed by atoms with Gasteiger partial charge in [-0.2, -0.15) is 11.8 Å². The first-order valence-corrected chi connectivity index (χ1v) is 7.15. The van der Waals surface area contributed by atoms with E-state index in [1.54, 1.807) is 0 Å². The highest BCUT2D eigenvalue weighted by atomic mass is 79.9. The highest BCUT2D eigenvalue weighted by Gasteiger charge is 2.10. The van der Waals surface area contributed by atoms with Crippen LogP contribution in [0.4, 0.5) is 5.69 Å². The van der Waals surface area contributed by atoms with Crippen molar-refractivity contribution in [3.05, 3.63) is 29.8 Å². The molecule has 1 aliphatic heterocycles. The van der Waals surface area contributed by atoms with Gasteiger partial charge in [0.1, 0.15) is 0 Å². The molecule has 76 valence electrons. The molecule has 0 spiro atoms. The van der Waals surface area contributed by atoms with Gasteiger partial charge in [-0.3, -0.25) is 0 Å². The van der Waals surface area contributed by atoms with E-state index in [0.717, 1.165) is 5.33 Å². The molecule has 0 saturated carbocycles. The van der Waals surface area contributed by atoms with Crippen LogP contribution in [0.5, 0.6) is 0 Å². The Balaban J connectivity index is 2.13. The number of hydrogen-bond donors (Lipinski definition) is 0. The standard InChI is InChI=1S/C11H14BrNS/c12-9-10-2-1-3-11(8-10)13-4-6-14-7-5-13/h1-3,8H,4-7,9H2. The van der Waals surface area contributed by atoms with Crippen LogP contribution >= 0.6 is 27.7 Å². The van der Waals surface area contributed by atoms with E-state index in [1.807, 2.05) is 0 Å². The molecule has 0 bridgehead atoms. The van der Waals surface area contributed by atoms with Crippen molar-refractivity contribution in [3.8, 4) is 0 Å². The molecule has 1 fully saturated rings. The minimum atomic E-state index is 0.948. The van der Waals surface area contributed by atoms with Gasteiger partial charge in [-0.1, -0.05) is 28.1 Å². The van der Waals surface area contributed by atoms with Crippen LogP contribution in [0.1, 0.15) is 5.56 Å². The molecule has 0 atom stereocenters. The lowest BCUT2D eigenvalue weighted by atomic mass is 10.2. The van der Waals surface area contributed by atoms with Crippen LogP contribution in [0.25, 0.3) is 0 Å². The highest BCUT2D eigenvalue weighted by Crippen LogP contribution is 2.21. The summed E-state index contributed by atoms with van der Waals surface area (Å²) in [7, 11) is 0. The first-order chi connectivity index (χ1) is 6.90. The number of hydrogen-bond acceptors (Lipinski definition) is 2. The highest BCUT2D eigenvalue weighted by molar-refractivity contribution is 9.08. The van der Waals surface area contributed by atoms with E-state index >= 15 is 0 Å². The molecule has 0 unspecified atom stereocenters. The molecule has 1 nitrogen and oxygen atoms in total. The number of alkyl halides is 1. The van der Waals surface area contributed by atoms with Gasteiger partial charge in [-0.05, 0) is 17.7 Å². The van der Waals surface area contributed by atoms with Crippen molar-refractivity contribution in [2.45, 2.75) is 5.33 Å². The summed E-state index contributed by atoms with van der Waals surface area (Å²) >= 11 is 5.55. The second kappa shape index (κ2) is 5.08. The fourth-order valence-electron chi connectivity index (χ4n) is 1.66. The van der Waals surface area contributed by atoms with Crippen LogP contribution in [-0.2, 0) is 5.33 Å².